The highest BCUT2D eigenvalue weighted by Crippen LogP contribution is 2.29. The van der Waals surface area contributed by atoms with Crippen LogP contribution in [0.3, 0.4) is 0 Å². The van der Waals surface area contributed by atoms with Crippen molar-refractivity contribution in [3.8, 4) is 11.5 Å². The van der Waals surface area contributed by atoms with Crippen molar-refractivity contribution in [3.05, 3.63) is 88.9 Å². The highest BCUT2D eigenvalue weighted by atomic mass is 16.2. The Morgan fingerprint density at radius 2 is 1.94 bits per heavy atom. The Balaban J connectivity index is 1.47. The number of fused-ring (bicyclic) bond motifs is 1. The molecule has 0 radical (unpaired) electrons. The molecule has 1 aliphatic heterocycles. The van der Waals surface area contributed by atoms with Gasteiger partial charge in [-0.2, -0.15) is 5.10 Å². The van der Waals surface area contributed by atoms with Crippen LogP contribution in [0.1, 0.15) is 32.7 Å². The van der Waals surface area contributed by atoms with Gasteiger partial charge in [-0.25, -0.2) is 0 Å². The van der Waals surface area contributed by atoms with Crippen molar-refractivity contribution >= 4 is 5.91 Å². The average Bonchev–Trinajstić information content (AvgIpc) is 3.37. The first kappa shape index (κ1) is 19.2. The van der Waals surface area contributed by atoms with Gasteiger partial charge in [-0.3, -0.25) is 9.48 Å². The number of aryl methyl sites for hydroxylation is 2. The van der Waals surface area contributed by atoms with Gasteiger partial charge in [-0.05, 0) is 24.6 Å². The molecule has 156 valence electrons. The number of hydrogen-bond donors (Lipinski definition) is 0. The van der Waals surface area contributed by atoms with E-state index in [1.54, 1.807) is 6.33 Å². The molecular formula is C24H24N6O. The highest BCUT2D eigenvalue weighted by molar-refractivity contribution is 5.94. The second-order valence-corrected chi connectivity index (χ2v) is 8.01. The van der Waals surface area contributed by atoms with E-state index in [1.165, 1.54) is 5.56 Å². The Kier molecular flexibility index (Phi) is 4.86. The van der Waals surface area contributed by atoms with Gasteiger partial charge in [0.2, 0.25) is 0 Å². The smallest absolute Gasteiger partial charge is 0.254 e. The number of amides is 1. The van der Waals surface area contributed by atoms with Crippen LogP contribution in [-0.2, 0) is 26.6 Å². The number of hydrogen-bond acceptors (Lipinski definition) is 4. The Morgan fingerprint density at radius 3 is 2.74 bits per heavy atom. The number of nitrogens with zero attached hydrogens (tertiary/aromatic N) is 6. The molecule has 0 saturated heterocycles. The van der Waals surface area contributed by atoms with E-state index in [2.05, 4.69) is 22.3 Å². The summed E-state index contributed by atoms with van der Waals surface area (Å²) in [5.41, 5.74) is 5.98. The summed E-state index contributed by atoms with van der Waals surface area (Å²) < 4.78 is 3.93. The summed E-state index contributed by atoms with van der Waals surface area (Å²) >= 11 is 0. The number of carbonyl (C=O) groups is 1. The number of rotatable bonds is 4. The Morgan fingerprint density at radius 1 is 1.10 bits per heavy atom. The first-order valence-electron chi connectivity index (χ1n) is 10.4. The highest BCUT2D eigenvalue weighted by Gasteiger charge is 2.29. The third-order valence-electron chi connectivity index (χ3n) is 5.82. The molecule has 1 amide bonds. The van der Waals surface area contributed by atoms with E-state index in [-0.39, 0.29) is 5.91 Å². The zero-order chi connectivity index (χ0) is 21.4. The molecule has 0 saturated carbocycles. The van der Waals surface area contributed by atoms with E-state index in [0.717, 1.165) is 40.3 Å². The summed E-state index contributed by atoms with van der Waals surface area (Å²) in [7, 11) is 1.96. The summed E-state index contributed by atoms with van der Waals surface area (Å²) in [5, 5.41) is 13.3. The first-order valence-corrected chi connectivity index (χ1v) is 10.4. The van der Waals surface area contributed by atoms with Gasteiger partial charge in [-0.1, -0.05) is 48.0 Å². The van der Waals surface area contributed by atoms with Crippen LogP contribution in [0, 0.1) is 6.92 Å². The summed E-state index contributed by atoms with van der Waals surface area (Å²) in [6.45, 7) is 3.86. The van der Waals surface area contributed by atoms with Crippen LogP contribution in [-0.4, -0.2) is 41.9 Å². The van der Waals surface area contributed by atoms with Gasteiger partial charge in [0.1, 0.15) is 12.0 Å². The molecule has 5 rings (SSSR count). The third-order valence-corrected chi connectivity index (χ3v) is 5.82. The van der Waals surface area contributed by atoms with Crippen LogP contribution in [0.4, 0.5) is 0 Å². The zero-order valence-electron chi connectivity index (χ0n) is 17.7. The lowest BCUT2D eigenvalue weighted by Crippen LogP contribution is -2.36. The maximum atomic E-state index is 13.1. The standard InChI is InChI=1S/C24H24N6O/c1-17-7-6-10-19(13-17)24(31)29-12-11-21-20(15-29)22(27-28(21)2)23-26-25-16-30(23)14-18-8-4-3-5-9-18/h3-10,13,16H,11-12,14-15H2,1-2H3. The molecule has 0 spiro atoms. The fraction of sp³-hybridized carbons (Fsp3) is 0.250. The minimum Gasteiger partial charge on any atom is -0.334 e. The fourth-order valence-electron chi connectivity index (χ4n) is 4.24. The molecule has 0 bridgehead atoms. The molecule has 0 fully saturated rings. The quantitative estimate of drug-likeness (QED) is 0.516. The summed E-state index contributed by atoms with van der Waals surface area (Å²) in [6, 6.07) is 18.0. The molecule has 7 nitrogen and oxygen atoms in total. The van der Waals surface area contributed by atoms with Crippen LogP contribution in [0.5, 0.6) is 0 Å². The molecule has 1 aliphatic rings. The van der Waals surface area contributed by atoms with Crippen molar-refractivity contribution in [1.82, 2.24) is 29.4 Å². The molecule has 3 heterocycles. The average molecular weight is 412 g/mol. The number of carbonyl (C=O) groups excluding carboxylic acids is 1. The maximum Gasteiger partial charge on any atom is 0.254 e. The second kappa shape index (κ2) is 7.83. The predicted molar refractivity (Wildman–Crippen MR) is 117 cm³/mol. The molecule has 4 aromatic rings. The molecule has 0 atom stereocenters. The number of benzene rings is 2. The Labute approximate surface area is 181 Å². The Bertz CT molecular complexity index is 1240. The minimum atomic E-state index is 0.0508. The van der Waals surface area contributed by atoms with Crippen molar-refractivity contribution in [2.45, 2.75) is 26.4 Å². The largest absolute Gasteiger partial charge is 0.334 e. The lowest BCUT2D eigenvalue weighted by molar-refractivity contribution is 0.0733. The van der Waals surface area contributed by atoms with Gasteiger partial charge < -0.3 is 9.47 Å². The SMILES string of the molecule is Cc1cccc(C(=O)N2CCc3c(c(-c4nncn4Cc4ccccc4)nn3C)C2)c1. The van der Waals surface area contributed by atoms with Crippen LogP contribution in [0.15, 0.2) is 60.9 Å². The normalized spacial score (nSPS) is 13.3. The lowest BCUT2D eigenvalue weighted by atomic mass is 10.0. The van der Waals surface area contributed by atoms with Gasteiger partial charge in [0, 0.05) is 36.8 Å². The van der Waals surface area contributed by atoms with Gasteiger partial charge in [0.25, 0.3) is 5.91 Å². The van der Waals surface area contributed by atoms with E-state index in [4.69, 9.17) is 5.10 Å². The summed E-state index contributed by atoms with van der Waals surface area (Å²) in [6.07, 6.45) is 2.51. The molecule has 2 aromatic heterocycles. The van der Waals surface area contributed by atoms with Crippen LogP contribution >= 0.6 is 0 Å². The van der Waals surface area contributed by atoms with Gasteiger partial charge in [-0.15, -0.1) is 10.2 Å². The monoisotopic (exact) mass is 412 g/mol. The van der Waals surface area contributed by atoms with Crippen LogP contribution in [0.2, 0.25) is 0 Å². The predicted octanol–water partition coefficient (Wildman–Crippen LogP) is 3.23. The fourth-order valence-corrected chi connectivity index (χ4v) is 4.24. The summed E-state index contributed by atoms with van der Waals surface area (Å²) in [4.78, 5) is 15.0. The van der Waals surface area contributed by atoms with E-state index < -0.39 is 0 Å². The maximum absolute atomic E-state index is 13.1. The molecular weight excluding hydrogens is 388 g/mol. The molecule has 0 N–H and O–H groups in total. The van der Waals surface area contributed by atoms with Gasteiger partial charge >= 0.3 is 0 Å². The lowest BCUT2D eigenvalue weighted by Gasteiger charge is -2.28. The second-order valence-electron chi connectivity index (χ2n) is 8.01. The van der Waals surface area contributed by atoms with Crippen molar-refractivity contribution in [1.29, 1.82) is 0 Å². The van der Waals surface area contributed by atoms with Crippen LogP contribution in [0.25, 0.3) is 11.5 Å². The van der Waals surface area contributed by atoms with Crippen LogP contribution < -0.4 is 0 Å². The van der Waals surface area contributed by atoms with Crippen molar-refractivity contribution in [2.75, 3.05) is 6.54 Å². The topological polar surface area (TPSA) is 68.8 Å². The first-order chi connectivity index (χ1) is 15.1. The Hall–Kier alpha value is -3.74. The summed E-state index contributed by atoms with van der Waals surface area (Å²) in [5.74, 6) is 0.778. The third kappa shape index (κ3) is 3.63. The molecule has 0 unspecified atom stereocenters. The van der Waals surface area contributed by atoms with Gasteiger partial charge in [0.15, 0.2) is 5.82 Å². The van der Waals surface area contributed by atoms with E-state index in [0.29, 0.717) is 19.6 Å². The zero-order valence-corrected chi connectivity index (χ0v) is 17.7. The van der Waals surface area contributed by atoms with E-state index >= 15 is 0 Å². The minimum absolute atomic E-state index is 0.0508. The molecule has 2 aromatic carbocycles. The van der Waals surface area contributed by atoms with Crippen molar-refractivity contribution < 1.29 is 4.79 Å². The molecule has 31 heavy (non-hydrogen) atoms. The van der Waals surface area contributed by atoms with Crippen molar-refractivity contribution in [2.24, 2.45) is 7.05 Å². The van der Waals surface area contributed by atoms with Crippen molar-refractivity contribution in [3.63, 3.8) is 0 Å². The number of aromatic nitrogens is 5. The van der Waals surface area contributed by atoms with E-state index in [9.17, 15) is 4.79 Å². The van der Waals surface area contributed by atoms with E-state index in [1.807, 2.05) is 70.6 Å². The van der Waals surface area contributed by atoms with Gasteiger partial charge in [0.05, 0.1) is 13.1 Å². The molecule has 0 aliphatic carbocycles. The molecule has 7 heteroatoms.